The monoisotopic (exact) mass is 368 g/mol. The van der Waals surface area contributed by atoms with Gasteiger partial charge in [0.15, 0.2) is 0 Å². The van der Waals surface area contributed by atoms with Crippen LogP contribution in [0.25, 0.3) is 0 Å². The zero-order chi connectivity index (χ0) is 19.6. The zero-order valence-corrected chi connectivity index (χ0v) is 15.6. The first-order valence-corrected chi connectivity index (χ1v) is 9.11. The van der Waals surface area contributed by atoms with Crippen molar-refractivity contribution in [2.75, 3.05) is 6.54 Å². The van der Waals surface area contributed by atoms with E-state index in [0.29, 0.717) is 35.8 Å². The Bertz CT molecular complexity index is 935. The minimum absolute atomic E-state index is 0.0569. The lowest BCUT2D eigenvalue weighted by atomic mass is 9.95. The number of likely N-dealkylation sites (tertiary alicyclic amines) is 1. The lowest BCUT2D eigenvalue weighted by Gasteiger charge is -2.36. The molecule has 7 nitrogen and oxygen atoms in total. The van der Waals surface area contributed by atoms with E-state index in [2.05, 4.69) is 9.97 Å². The summed E-state index contributed by atoms with van der Waals surface area (Å²) in [4.78, 5) is 33.6. The maximum Gasteiger partial charge on any atom is 0.258 e. The van der Waals surface area contributed by atoms with Crippen LogP contribution in [0, 0.1) is 19.3 Å². The highest BCUT2D eigenvalue weighted by Gasteiger charge is 2.31. The van der Waals surface area contributed by atoms with Crippen LogP contribution in [-0.2, 0) is 6.42 Å². The van der Waals surface area contributed by atoms with E-state index in [9.17, 15) is 14.7 Å². The number of amides is 1. The third kappa shape index (κ3) is 3.92. The van der Waals surface area contributed by atoms with Gasteiger partial charge in [0.2, 0.25) is 0 Å². The third-order valence-corrected chi connectivity index (χ3v) is 5.10. The largest absolute Gasteiger partial charge is 0.507 e. The topological polar surface area (TPSA) is 110 Å². The smallest absolute Gasteiger partial charge is 0.258 e. The molecule has 2 heterocycles. The molecule has 0 radical (unpaired) electrons. The molecule has 1 saturated heterocycles. The van der Waals surface area contributed by atoms with Gasteiger partial charge < -0.3 is 20.4 Å². The van der Waals surface area contributed by atoms with Gasteiger partial charge in [0.1, 0.15) is 11.6 Å². The number of phenols is 1. The summed E-state index contributed by atoms with van der Waals surface area (Å²) in [6, 6.07) is 6.10. The quantitative estimate of drug-likeness (QED) is 0.720. The summed E-state index contributed by atoms with van der Waals surface area (Å²) in [5.41, 5.74) is 1.60. The number of aromatic amines is 1. The second-order valence-corrected chi connectivity index (χ2v) is 6.95. The van der Waals surface area contributed by atoms with Gasteiger partial charge in [-0.05, 0) is 45.2 Å². The molecule has 1 amide bonds. The summed E-state index contributed by atoms with van der Waals surface area (Å²) in [6.07, 6.45) is 2.66. The molecule has 2 aromatic rings. The number of nitrogens with one attached hydrogen (secondary N) is 2. The van der Waals surface area contributed by atoms with Gasteiger partial charge in [0.05, 0.1) is 11.6 Å². The van der Waals surface area contributed by atoms with Crippen LogP contribution >= 0.6 is 0 Å². The number of aromatic hydroxyl groups is 1. The molecule has 0 spiro atoms. The molecule has 3 rings (SSSR count). The van der Waals surface area contributed by atoms with Crippen molar-refractivity contribution in [3.8, 4) is 5.75 Å². The predicted octanol–water partition coefficient (Wildman–Crippen LogP) is 2.35. The van der Waals surface area contributed by atoms with Crippen LogP contribution in [0.3, 0.4) is 0 Å². The Kier molecular flexibility index (Phi) is 5.39. The number of piperidine rings is 1. The molecule has 1 aromatic heterocycles. The van der Waals surface area contributed by atoms with E-state index in [0.717, 1.165) is 12.8 Å². The number of carbonyl (C=O) groups is 1. The van der Waals surface area contributed by atoms with Gasteiger partial charge in [-0.1, -0.05) is 12.1 Å². The van der Waals surface area contributed by atoms with Crippen molar-refractivity contribution in [1.82, 2.24) is 14.9 Å². The average molecular weight is 368 g/mol. The number of benzene rings is 1. The lowest BCUT2D eigenvalue weighted by molar-refractivity contribution is 0.0675. The minimum Gasteiger partial charge on any atom is -0.507 e. The molecular weight excluding hydrogens is 344 g/mol. The normalized spacial score (nSPS) is 17.0. The van der Waals surface area contributed by atoms with E-state index < -0.39 is 0 Å². The molecule has 1 aliphatic heterocycles. The number of rotatable bonds is 4. The highest BCUT2D eigenvalue weighted by atomic mass is 16.3. The first-order chi connectivity index (χ1) is 12.9. The first-order valence-electron chi connectivity index (χ1n) is 9.11. The number of H-pyrrole nitrogens is 1. The highest BCUT2D eigenvalue weighted by Crippen LogP contribution is 2.25. The number of aromatic nitrogens is 2. The standard InChI is InChI=1S/C20H24N4O3/c1-12-13(2)22-18(23-19(12)26)11-15(21)16-8-5-6-10-24(16)20(27)14-7-3-4-9-17(14)25/h3-4,7,9,16,21,25H,5-6,8,10-11H2,1-2H3,(H,22,23,26). The van der Waals surface area contributed by atoms with Gasteiger partial charge in [-0.25, -0.2) is 4.98 Å². The van der Waals surface area contributed by atoms with Gasteiger partial charge in [0.25, 0.3) is 11.5 Å². The van der Waals surface area contributed by atoms with Gasteiger partial charge in [-0.2, -0.15) is 0 Å². The predicted molar refractivity (Wildman–Crippen MR) is 103 cm³/mol. The molecule has 27 heavy (non-hydrogen) atoms. The fourth-order valence-electron chi connectivity index (χ4n) is 3.43. The lowest BCUT2D eigenvalue weighted by Crippen LogP contribution is -2.48. The van der Waals surface area contributed by atoms with Crippen LogP contribution < -0.4 is 5.56 Å². The van der Waals surface area contributed by atoms with E-state index >= 15 is 0 Å². The number of hydrogen-bond donors (Lipinski definition) is 3. The van der Waals surface area contributed by atoms with Crippen LogP contribution in [0.15, 0.2) is 29.1 Å². The Morgan fingerprint density at radius 3 is 2.78 bits per heavy atom. The number of nitrogens with zero attached hydrogens (tertiary/aromatic N) is 2. The SMILES string of the molecule is Cc1nc(CC(=N)C2CCCCN2C(=O)c2ccccc2O)[nH]c(=O)c1C. The van der Waals surface area contributed by atoms with Crippen LogP contribution in [0.1, 0.15) is 46.7 Å². The molecule has 1 unspecified atom stereocenters. The molecule has 1 aliphatic rings. The Balaban J connectivity index is 1.83. The summed E-state index contributed by atoms with van der Waals surface area (Å²) in [7, 11) is 0. The van der Waals surface area contributed by atoms with Crippen molar-refractivity contribution in [3.05, 3.63) is 57.3 Å². The molecule has 0 saturated carbocycles. The maximum atomic E-state index is 12.9. The van der Waals surface area contributed by atoms with E-state index in [1.165, 1.54) is 6.07 Å². The zero-order valence-electron chi connectivity index (χ0n) is 15.6. The second kappa shape index (κ2) is 7.73. The fourth-order valence-corrected chi connectivity index (χ4v) is 3.43. The molecular formula is C20H24N4O3. The Morgan fingerprint density at radius 1 is 1.33 bits per heavy atom. The maximum absolute atomic E-state index is 12.9. The van der Waals surface area contributed by atoms with Crippen LogP contribution in [0.4, 0.5) is 0 Å². The van der Waals surface area contributed by atoms with Crippen molar-refractivity contribution in [1.29, 1.82) is 5.41 Å². The average Bonchev–Trinajstić information content (AvgIpc) is 2.66. The number of para-hydroxylation sites is 1. The molecule has 1 fully saturated rings. The van der Waals surface area contributed by atoms with Gasteiger partial charge in [0, 0.05) is 29.9 Å². The van der Waals surface area contributed by atoms with E-state index in [-0.39, 0.29) is 35.2 Å². The summed E-state index contributed by atoms with van der Waals surface area (Å²) in [5, 5.41) is 18.5. The number of phenolic OH excluding ortho intramolecular Hbond substituents is 1. The Labute approximate surface area is 157 Å². The van der Waals surface area contributed by atoms with Gasteiger partial charge >= 0.3 is 0 Å². The number of aryl methyl sites for hydroxylation is 1. The van der Waals surface area contributed by atoms with Gasteiger partial charge in [-0.15, -0.1) is 0 Å². The molecule has 1 atom stereocenters. The molecule has 0 aliphatic carbocycles. The fraction of sp³-hybridized carbons (Fsp3) is 0.400. The summed E-state index contributed by atoms with van der Waals surface area (Å²) in [6.45, 7) is 4.02. The molecule has 1 aromatic carbocycles. The second-order valence-electron chi connectivity index (χ2n) is 6.95. The van der Waals surface area contributed by atoms with E-state index in [4.69, 9.17) is 5.41 Å². The summed E-state index contributed by atoms with van der Waals surface area (Å²) >= 11 is 0. The summed E-state index contributed by atoms with van der Waals surface area (Å²) < 4.78 is 0. The van der Waals surface area contributed by atoms with Crippen LogP contribution in [0.5, 0.6) is 5.75 Å². The van der Waals surface area contributed by atoms with E-state index in [1.54, 1.807) is 36.9 Å². The third-order valence-electron chi connectivity index (χ3n) is 5.10. The van der Waals surface area contributed by atoms with Crippen molar-refractivity contribution in [2.24, 2.45) is 0 Å². The minimum atomic E-state index is -0.363. The Hall–Kier alpha value is -2.96. The van der Waals surface area contributed by atoms with Crippen molar-refractivity contribution in [2.45, 2.75) is 45.6 Å². The molecule has 0 bridgehead atoms. The first kappa shape index (κ1) is 18.8. The summed E-state index contributed by atoms with van der Waals surface area (Å²) in [5.74, 6) is 0.108. The molecule has 3 N–H and O–H groups in total. The number of hydrogen-bond acceptors (Lipinski definition) is 5. The van der Waals surface area contributed by atoms with Crippen molar-refractivity contribution >= 4 is 11.6 Å². The van der Waals surface area contributed by atoms with Crippen molar-refractivity contribution in [3.63, 3.8) is 0 Å². The number of carbonyl (C=O) groups excluding carboxylic acids is 1. The molecule has 7 heteroatoms. The van der Waals surface area contributed by atoms with E-state index in [1.807, 2.05) is 0 Å². The highest BCUT2D eigenvalue weighted by molar-refractivity contribution is 6.00. The van der Waals surface area contributed by atoms with Gasteiger partial charge in [-0.3, -0.25) is 9.59 Å². The molecule has 142 valence electrons. The van der Waals surface area contributed by atoms with Crippen molar-refractivity contribution < 1.29 is 9.90 Å². The van der Waals surface area contributed by atoms with Crippen LogP contribution in [-0.4, -0.2) is 44.2 Å². The van der Waals surface area contributed by atoms with Crippen LogP contribution in [0.2, 0.25) is 0 Å². The Morgan fingerprint density at radius 2 is 2.07 bits per heavy atom.